The van der Waals surface area contributed by atoms with Crippen molar-refractivity contribution in [1.29, 1.82) is 0 Å². The van der Waals surface area contributed by atoms with Crippen molar-refractivity contribution in [1.82, 2.24) is 0 Å². The molecule has 0 amide bonds. The van der Waals surface area contributed by atoms with Crippen LogP contribution < -0.4 is 0 Å². The number of carboxylic acid groups (broad SMARTS) is 3. The molecule has 0 aromatic carbocycles. The SMILES string of the molecule is CC(=O)O.CC(=O)O.CC(=O)O.CCOC(C)=O. The van der Waals surface area contributed by atoms with Gasteiger partial charge in [0.2, 0.25) is 0 Å². The van der Waals surface area contributed by atoms with Crippen molar-refractivity contribution in [2.75, 3.05) is 6.61 Å². The Morgan fingerprint density at radius 2 is 0.944 bits per heavy atom. The van der Waals surface area contributed by atoms with Crippen molar-refractivity contribution in [3.05, 3.63) is 0 Å². The van der Waals surface area contributed by atoms with Crippen LogP contribution in [0.25, 0.3) is 0 Å². The number of carbonyl (C=O) groups is 4. The van der Waals surface area contributed by atoms with Crippen LogP contribution in [0, 0.1) is 0 Å². The molecule has 0 aromatic rings. The molecule has 0 saturated carbocycles. The smallest absolute Gasteiger partial charge is 0.302 e. The Kier molecular flexibility index (Phi) is 28.1. The lowest BCUT2D eigenvalue weighted by atomic mass is 10.8. The van der Waals surface area contributed by atoms with Crippen LogP contribution in [-0.4, -0.2) is 45.8 Å². The molecular weight excluding hydrogens is 248 g/mol. The summed E-state index contributed by atoms with van der Waals surface area (Å²) >= 11 is 0. The summed E-state index contributed by atoms with van der Waals surface area (Å²) in [5.74, 6) is -2.71. The first-order valence-electron chi connectivity index (χ1n) is 4.69. The summed E-state index contributed by atoms with van der Waals surface area (Å²) in [4.78, 5) is 36.8. The maximum Gasteiger partial charge on any atom is 0.302 e. The van der Waals surface area contributed by atoms with Crippen molar-refractivity contribution >= 4 is 23.9 Å². The van der Waals surface area contributed by atoms with Crippen molar-refractivity contribution in [3.63, 3.8) is 0 Å². The van der Waals surface area contributed by atoms with Crippen LogP contribution in [0.1, 0.15) is 34.6 Å². The number of hydrogen-bond acceptors (Lipinski definition) is 5. The maximum atomic E-state index is 9.82. The van der Waals surface area contributed by atoms with Crippen LogP contribution >= 0.6 is 0 Å². The van der Waals surface area contributed by atoms with Gasteiger partial charge in [0.05, 0.1) is 6.61 Å². The third-order valence-electron chi connectivity index (χ3n) is 0.348. The van der Waals surface area contributed by atoms with Gasteiger partial charge in [-0.05, 0) is 6.92 Å². The van der Waals surface area contributed by atoms with E-state index in [1.165, 1.54) is 6.92 Å². The number of rotatable bonds is 1. The zero-order valence-electron chi connectivity index (χ0n) is 11.1. The Bertz CT molecular complexity index is 206. The standard InChI is InChI=1S/C4H8O2.3C2H4O2/c1-3-6-4(2)5;3*1-2(3)4/h3H2,1-2H3;3*1H3,(H,3,4). The average molecular weight is 268 g/mol. The van der Waals surface area contributed by atoms with Crippen LogP contribution in [0.5, 0.6) is 0 Å². The summed E-state index contributed by atoms with van der Waals surface area (Å²) in [5, 5.41) is 22.2. The van der Waals surface area contributed by atoms with E-state index in [1.54, 1.807) is 6.92 Å². The summed E-state index contributed by atoms with van der Waals surface area (Å²) in [6.07, 6.45) is 0. The second kappa shape index (κ2) is 20.3. The van der Waals surface area contributed by atoms with Gasteiger partial charge in [-0.3, -0.25) is 19.2 Å². The molecule has 8 heteroatoms. The molecule has 18 heavy (non-hydrogen) atoms. The third-order valence-corrected chi connectivity index (χ3v) is 0.348. The van der Waals surface area contributed by atoms with Crippen molar-refractivity contribution in [2.45, 2.75) is 34.6 Å². The zero-order chi connectivity index (χ0) is 15.7. The molecule has 0 aliphatic carbocycles. The van der Waals surface area contributed by atoms with E-state index in [0.29, 0.717) is 6.61 Å². The molecule has 0 rings (SSSR count). The summed E-state index contributed by atoms with van der Waals surface area (Å²) in [5.41, 5.74) is 0. The average Bonchev–Trinajstić information content (AvgIpc) is 1.98. The number of carbonyl (C=O) groups excluding carboxylic acids is 1. The van der Waals surface area contributed by atoms with Gasteiger partial charge in [-0.1, -0.05) is 0 Å². The minimum Gasteiger partial charge on any atom is -0.481 e. The van der Waals surface area contributed by atoms with Crippen LogP contribution in [-0.2, 0) is 23.9 Å². The van der Waals surface area contributed by atoms with E-state index >= 15 is 0 Å². The normalized spacial score (nSPS) is 6.72. The lowest BCUT2D eigenvalue weighted by Crippen LogP contribution is -1.95. The first-order valence-corrected chi connectivity index (χ1v) is 4.69. The molecule has 0 aliphatic heterocycles. The molecule has 0 atom stereocenters. The van der Waals surface area contributed by atoms with Gasteiger partial charge in [-0.15, -0.1) is 0 Å². The molecule has 108 valence electrons. The Morgan fingerprint density at radius 1 is 0.778 bits per heavy atom. The maximum absolute atomic E-state index is 9.82. The summed E-state index contributed by atoms with van der Waals surface area (Å²) in [6, 6.07) is 0. The largest absolute Gasteiger partial charge is 0.481 e. The lowest BCUT2D eigenvalue weighted by Gasteiger charge is -1.89. The fourth-order valence-electron chi connectivity index (χ4n) is 0.203. The van der Waals surface area contributed by atoms with Gasteiger partial charge in [0, 0.05) is 27.7 Å². The Balaban J connectivity index is -0.0000000742. The minimum atomic E-state index is -0.833. The predicted molar refractivity (Wildman–Crippen MR) is 62.2 cm³/mol. The molecular formula is C10H20O8. The van der Waals surface area contributed by atoms with Crippen LogP contribution in [0.15, 0.2) is 0 Å². The molecule has 0 fully saturated rings. The summed E-state index contributed by atoms with van der Waals surface area (Å²) < 4.78 is 4.40. The van der Waals surface area contributed by atoms with E-state index in [0.717, 1.165) is 20.8 Å². The van der Waals surface area contributed by atoms with E-state index in [-0.39, 0.29) is 5.97 Å². The number of aliphatic carboxylic acids is 3. The van der Waals surface area contributed by atoms with E-state index in [4.69, 9.17) is 29.7 Å². The van der Waals surface area contributed by atoms with Crippen molar-refractivity contribution < 1.29 is 39.2 Å². The zero-order valence-corrected chi connectivity index (χ0v) is 11.1. The molecule has 0 spiro atoms. The van der Waals surface area contributed by atoms with Crippen LogP contribution in [0.2, 0.25) is 0 Å². The van der Waals surface area contributed by atoms with Crippen LogP contribution in [0.3, 0.4) is 0 Å². The highest BCUT2D eigenvalue weighted by atomic mass is 16.5. The van der Waals surface area contributed by atoms with Gasteiger partial charge in [-0.2, -0.15) is 0 Å². The second-order valence-electron chi connectivity index (χ2n) is 2.48. The number of esters is 1. The van der Waals surface area contributed by atoms with Gasteiger partial charge in [0.25, 0.3) is 17.9 Å². The molecule has 0 unspecified atom stereocenters. The monoisotopic (exact) mass is 268 g/mol. The molecule has 0 heterocycles. The number of ether oxygens (including phenoxy) is 1. The Hall–Kier alpha value is -2.12. The second-order valence-corrected chi connectivity index (χ2v) is 2.48. The first-order chi connectivity index (χ1) is 7.97. The van der Waals surface area contributed by atoms with Gasteiger partial charge in [0.1, 0.15) is 0 Å². The van der Waals surface area contributed by atoms with Gasteiger partial charge in [0.15, 0.2) is 0 Å². The molecule has 0 aliphatic rings. The minimum absolute atomic E-state index is 0.211. The third kappa shape index (κ3) is 2970. The molecule has 3 N–H and O–H groups in total. The topological polar surface area (TPSA) is 138 Å². The van der Waals surface area contributed by atoms with E-state index in [1.807, 2.05) is 0 Å². The highest BCUT2D eigenvalue weighted by molar-refractivity contribution is 5.65. The Labute approximate surface area is 105 Å². The van der Waals surface area contributed by atoms with E-state index in [2.05, 4.69) is 4.74 Å². The summed E-state index contributed by atoms with van der Waals surface area (Å²) in [6.45, 7) is 6.90. The van der Waals surface area contributed by atoms with E-state index < -0.39 is 17.9 Å². The summed E-state index contributed by atoms with van der Waals surface area (Å²) in [7, 11) is 0. The quantitative estimate of drug-likeness (QED) is 0.594. The number of hydrogen-bond donors (Lipinski definition) is 3. The van der Waals surface area contributed by atoms with Crippen molar-refractivity contribution in [3.8, 4) is 0 Å². The fourth-order valence-corrected chi connectivity index (χ4v) is 0.203. The highest BCUT2D eigenvalue weighted by Crippen LogP contribution is 1.69. The molecule has 0 bridgehead atoms. The predicted octanol–water partition coefficient (Wildman–Crippen LogP) is 0.842. The van der Waals surface area contributed by atoms with Gasteiger partial charge >= 0.3 is 5.97 Å². The molecule has 0 saturated heterocycles. The van der Waals surface area contributed by atoms with E-state index in [9.17, 15) is 4.79 Å². The molecule has 0 aromatic heterocycles. The van der Waals surface area contributed by atoms with Crippen molar-refractivity contribution in [2.24, 2.45) is 0 Å². The fraction of sp³-hybridized carbons (Fsp3) is 0.600. The first kappa shape index (κ1) is 24.9. The molecule has 8 nitrogen and oxygen atoms in total. The molecule has 0 radical (unpaired) electrons. The number of carboxylic acids is 3. The lowest BCUT2D eigenvalue weighted by molar-refractivity contribution is -0.140. The highest BCUT2D eigenvalue weighted by Gasteiger charge is 1.81. The van der Waals surface area contributed by atoms with Gasteiger partial charge < -0.3 is 20.1 Å². The van der Waals surface area contributed by atoms with Gasteiger partial charge in [-0.25, -0.2) is 0 Å². The Morgan fingerprint density at radius 3 is 0.944 bits per heavy atom. The van der Waals surface area contributed by atoms with Crippen LogP contribution in [0.4, 0.5) is 0 Å².